The van der Waals surface area contributed by atoms with Gasteiger partial charge in [-0.15, -0.1) is 24.8 Å². The van der Waals surface area contributed by atoms with Crippen LogP contribution in [0.25, 0.3) is 0 Å². The fraction of sp³-hybridized carbons (Fsp3) is 0.765. The van der Waals surface area contributed by atoms with Gasteiger partial charge in [0.05, 0.1) is 6.04 Å². The van der Waals surface area contributed by atoms with Gasteiger partial charge in [0.25, 0.3) is 0 Å². The van der Waals surface area contributed by atoms with Crippen molar-refractivity contribution in [2.24, 2.45) is 5.92 Å². The molecule has 3 nitrogen and oxygen atoms in total. The Morgan fingerprint density at radius 3 is 2.27 bits per heavy atom. The van der Waals surface area contributed by atoms with E-state index in [4.69, 9.17) is 4.42 Å². The zero-order valence-electron chi connectivity index (χ0n) is 13.8. The molecule has 22 heavy (non-hydrogen) atoms. The van der Waals surface area contributed by atoms with Crippen LogP contribution in [-0.2, 0) is 0 Å². The van der Waals surface area contributed by atoms with E-state index in [0.29, 0.717) is 6.04 Å². The molecule has 3 rings (SSSR count). The Balaban J connectivity index is 0.00000121. The van der Waals surface area contributed by atoms with Crippen LogP contribution in [0.1, 0.15) is 55.2 Å². The first kappa shape index (κ1) is 19.8. The predicted octanol–water partition coefficient (Wildman–Crippen LogP) is 4.27. The van der Waals surface area contributed by atoms with Gasteiger partial charge in [-0.05, 0) is 44.2 Å². The Hall–Kier alpha value is -0.220. The van der Waals surface area contributed by atoms with Crippen LogP contribution >= 0.6 is 24.8 Å². The number of halogens is 2. The molecule has 1 aromatic rings. The van der Waals surface area contributed by atoms with E-state index in [1.807, 2.05) is 0 Å². The number of hydrogen-bond donors (Lipinski definition) is 1. The maximum absolute atomic E-state index is 6.12. The summed E-state index contributed by atoms with van der Waals surface area (Å²) in [4.78, 5) is 2.66. The SMILES string of the molecule is Cc1cc([C@H](C2CCCCC2)N2CCNCC2)oc1C.Cl.Cl. The van der Waals surface area contributed by atoms with E-state index in [1.54, 1.807) is 0 Å². The molecule has 0 bridgehead atoms. The molecule has 5 heteroatoms. The second kappa shape index (κ2) is 9.17. The molecule has 0 unspecified atom stereocenters. The quantitative estimate of drug-likeness (QED) is 0.884. The Morgan fingerprint density at radius 1 is 1.09 bits per heavy atom. The monoisotopic (exact) mass is 348 g/mol. The van der Waals surface area contributed by atoms with Crippen molar-refractivity contribution in [2.75, 3.05) is 26.2 Å². The molecule has 2 fully saturated rings. The van der Waals surface area contributed by atoms with Crippen molar-refractivity contribution in [3.63, 3.8) is 0 Å². The standard InChI is InChI=1S/C17H28N2O.2ClH/c1-13-12-16(20-14(13)2)17(15-6-4-3-5-7-15)19-10-8-18-9-11-19;;/h12,15,17-18H,3-11H2,1-2H3;2*1H/t17-;;/m0../s1. The third kappa shape index (κ3) is 4.41. The zero-order valence-corrected chi connectivity index (χ0v) is 15.4. The molecule has 1 atom stereocenters. The molecule has 0 radical (unpaired) electrons. The number of rotatable bonds is 3. The highest BCUT2D eigenvalue weighted by molar-refractivity contribution is 5.85. The molecule has 2 aliphatic rings. The first-order valence-corrected chi connectivity index (χ1v) is 8.27. The molecular weight excluding hydrogens is 319 g/mol. The van der Waals surface area contributed by atoms with E-state index in [2.05, 4.69) is 30.1 Å². The van der Waals surface area contributed by atoms with Crippen LogP contribution < -0.4 is 5.32 Å². The molecule has 1 saturated carbocycles. The van der Waals surface area contributed by atoms with E-state index in [1.165, 1.54) is 43.4 Å². The lowest BCUT2D eigenvalue weighted by Crippen LogP contribution is -2.47. The molecular formula is C17H30Cl2N2O. The van der Waals surface area contributed by atoms with Crippen LogP contribution in [0.4, 0.5) is 0 Å². The number of nitrogens with zero attached hydrogens (tertiary/aromatic N) is 1. The molecule has 1 aliphatic heterocycles. The topological polar surface area (TPSA) is 28.4 Å². The van der Waals surface area contributed by atoms with Crippen molar-refractivity contribution in [3.8, 4) is 0 Å². The summed E-state index contributed by atoms with van der Waals surface area (Å²) in [6.45, 7) is 8.79. The molecule has 128 valence electrons. The fourth-order valence-electron chi connectivity index (χ4n) is 3.87. The molecule has 0 aromatic carbocycles. The lowest BCUT2D eigenvalue weighted by molar-refractivity contribution is 0.0864. The lowest BCUT2D eigenvalue weighted by Gasteiger charge is -2.39. The first-order chi connectivity index (χ1) is 9.75. The Morgan fingerprint density at radius 2 is 1.73 bits per heavy atom. The summed E-state index contributed by atoms with van der Waals surface area (Å²) in [5, 5.41) is 3.47. The molecule has 0 spiro atoms. The van der Waals surface area contributed by atoms with Crippen LogP contribution in [0.2, 0.25) is 0 Å². The minimum atomic E-state index is 0. The van der Waals surface area contributed by atoms with Crippen molar-refractivity contribution in [1.82, 2.24) is 10.2 Å². The summed E-state index contributed by atoms with van der Waals surface area (Å²) < 4.78 is 6.12. The molecule has 1 aromatic heterocycles. The van der Waals surface area contributed by atoms with Crippen LogP contribution in [0.3, 0.4) is 0 Å². The third-order valence-electron chi connectivity index (χ3n) is 5.12. The van der Waals surface area contributed by atoms with Gasteiger partial charge in [-0.2, -0.15) is 0 Å². The van der Waals surface area contributed by atoms with Crippen LogP contribution in [-0.4, -0.2) is 31.1 Å². The third-order valence-corrected chi connectivity index (χ3v) is 5.12. The summed E-state index contributed by atoms with van der Waals surface area (Å²) in [6, 6.07) is 2.79. The van der Waals surface area contributed by atoms with Crippen molar-refractivity contribution in [2.45, 2.75) is 52.0 Å². The first-order valence-electron chi connectivity index (χ1n) is 8.27. The number of hydrogen-bond acceptors (Lipinski definition) is 3. The second-order valence-corrected chi connectivity index (χ2v) is 6.52. The van der Waals surface area contributed by atoms with E-state index in [0.717, 1.165) is 37.9 Å². The van der Waals surface area contributed by atoms with E-state index in [-0.39, 0.29) is 24.8 Å². The van der Waals surface area contributed by atoms with Crippen molar-refractivity contribution in [1.29, 1.82) is 0 Å². The van der Waals surface area contributed by atoms with Gasteiger partial charge in [0.15, 0.2) is 0 Å². The van der Waals surface area contributed by atoms with Gasteiger partial charge >= 0.3 is 0 Å². The number of piperazine rings is 1. The van der Waals surface area contributed by atoms with Crippen LogP contribution in [0.15, 0.2) is 10.5 Å². The molecule has 1 saturated heterocycles. The summed E-state index contributed by atoms with van der Waals surface area (Å²) in [5.41, 5.74) is 1.30. The summed E-state index contributed by atoms with van der Waals surface area (Å²) in [7, 11) is 0. The van der Waals surface area contributed by atoms with E-state index >= 15 is 0 Å². The minimum absolute atomic E-state index is 0. The summed E-state index contributed by atoms with van der Waals surface area (Å²) in [5.74, 6) is 3.09. The van der Waals surface area contributed by atoms with Gasteiger partial charge in [-0.3, -0.25) is 4.90 Å². The van der Waals surface area contributed by atoms with Gasteiger partial charge in [0, 0.05) is 26.2 Å². The highest BCUT2D eigenvalue weighted by Gasteiger charge is 2.33. The molecule has 1 aliphatic carbocycles. The Kier molecular flexibility index (Phi) is 8.26. The number of aryl methyl sites for hydroxylation is 2. The Bertz CT molecular complexity index is 400. The van der Waals surface area contributed by atoms with Crippen molar-refractivity contribution >= 4 is 24.8 Å². The van der Waals surface area contributed by atoms with Gasteiger partial charge < -0.3 is 9.73 Å². The maximum atomic E-state index is 6.12. The minimum Gasteiger partial charge on any atom is -0.464 e. The predicted molar refractivity (Wildman–Crippen MR) is 96.4 cm³/mol. The average Bonchev–Trinajstić information content (AvgIpc) is 2.81. The van der Waals surface area contributed by atoms with Gasteiger partial charge in [0.1, 0.15) is 11.5 Å². The van der Waals surface area contributed by atoms with Gasteiger partial charge in [-0.25, -0.2) is 0 Å². The highest BCUT2D eigenvalue weighted by Crippen LogP contribution is 2.39. The van der Waals surface area contributed by atoms with Crippen molar-refractivity contribution < 1.29 is 4.42 Å². The zero-order chi connectivity index (χ0) is 13.9. The number of nitrogens with one attached hydrogen (secondary N) is 1. The smallest absolute Gasteiger partial charge is 0.121 e. The van der Waals surface area contributed by atoms with Crippen LogP contribution in [0.5, 0.6) is 0 Å². The number of furan rings is 1. The summed E-state index contributed by atoms with van der Waals surface area (Å²) >= 11 is 0. The molecule has 2 heterocycles. The maximum Gasteiger partial charge on any atom is 0.121 e. The molecule has 0 amide bonds. The lowest BCUT2D eigenvalue weighted by atomic mass is 9.82. The normalized spacial score (nSPS) is 21.7. The Labute approximate surface area is 147 Å². The van der Waals surface area contributed by atoms with Crippen molar-refractivity contribution in [3.05, 3.63) is 23.2 Å². The fourth-order valence-corrected chi connectivity index (χ4v) is 3.87. The average molecular weight is 349 g/mol. The van der Waals surface area contributed by atoms with Crippen LogP contribution in [0, 0.1) is 19.8 Å². The van der Waals surface area contributed by atoms with E-state index < -0.39 is 0 Å². The van der Waals surface area contributed by atoms with E-state index in [9.17, 15) is 0 Å². The highest BCUT2D eigenvalue weighted by atomic mass is 35.5. The largest absolute Gasteiger partial charge is 0.464 e. The molecule has 1 N–H and O–H groups in total. The van der Waals surface area contributed by atoms with Gasteiger partial charge in [-0.1, -0.05) is 19.3 Å². The summed E-state index contributed by atoms with van der Waals surface area (Å²) in [6.07, 6.45) is 6.94. The van der Waals surface area contributed by atoms with Gasteiger partial charge in [0.2, 0.25) is 0 Å². The second-order valence-electron chi connectivity index (χ2n) is 6.52.